The second-order valence-electron chi connectivity index (χ2n) is 3.28. The third-order valence-corrected chi connectivity index (χ3v) is 1.48. The summed E-state index contributed by atoms with van der Waals surface area (Å²) in [6.07, 6.45) is 0.705. The van der Waals surface area contributed by atoms with E-state index in [0.717, 1.165) is 0 Å². The summed E-state index contributed by atoms with van der Waals surface area (Å²) in [5.41, 5.74) is -0.863. The van der Waals surface area contributed by atoms with Crippen molar-refractivity contribution in [2.45, 2.75) is 19.4 Å². The topological polar surface area (TPSA) is 26.3 Å². The summed E-state index contributed by atoms with van der Waals surface area (Å²) < 4.78 is 17.7. The van der Waals surface area contributed by atoms with Gasteiger partial charge < -0.3 is 4.74 Å². The number of aldehydes is 1. The van der Waals surface area contributed by atoms with Crippen molar-refractivity contribution in [3.8, 4) is 5.75 Å². The van der Waals surface area contributed by atoms with Gasteiger partial charge in [0.05, 0.1) is 0 Å². The molecule has 13 heavy (non-hydrogen) atoms. The summed E-state index contributed by atoms with van der Waals surface area (Å²) in [4.78, 5) is 10.5. The summed E-state index contributed by atoms with van der Waals surface area (Å²) in [6.45, 7) is 3.28. The van der Waals surface area contributed by atoms with E-state index in [9.17, 15) is 9.18 Å². The van der Waals surface area contributed by atoms with Crippen molar-refractivity contribution in [3.63, 3.8) is 0 Å². The van der Waals surface area contributed by atoms with E-state index in [1.54, 1.807) is 13.8 Å². The van der Waals surface area contributed by atoms with Gasteiger partial charge in [0.1, 0.15) is 11.6 Å². The first kappa shape index (κ1) is 9.71. The zero-order valence-corrected chi connectivity index (χ0v) is 7.58. The van der Waals surface area contributed by atoms with Crippen LogP contribution in [-0.4, -0.2) is 11.9 Å². The highest BCUT2D eigenvalue weighted by Gasteiger charge is 2.17. The maximum atomic E-state index is 12.5. The molecular weight excluding hydrogens is 171 g/mol. The van der Waals surface area contributed by atoms with Crippen LogP contribution in [0.5, 0.6) is 5.75 Å². The average molecular weight is 182 g/mol. The standard InChI is InChI=1S/C10H11FO2/c1-10(2,7-12)13-9-5-3-8(11)4-6-9/h3-7H,1-2H3. The lowest BCUT2D eigenvalue weighted by Crippen LogP contribution is -2.29. The highest BCUT2D eigenvalue weighted by molar-refractivity contribution is 5.61. The Morgan fingerprint density at radius 1 is 1.31 bits per heavy atom. The molecule has 0 radical (unpaired) electrons. The van der Waals surface area contributed by atoms with E-state index < -0.39 is 5.60 Å². The largest absolute Gasteiger partial charge is 0.480 e. The van der Waals surface area contributed by atoms with Crippen LogP contribution in [0, 0.1) is 5.82 Å². The van der Waals surface area contributed by atoms with Gasteiger partial charge >= 0.3 is 0 Å². The van der Waals surface area contributed by atoms with Crippen LogP contribution in [0.2, 0.25) is 0 Å². The van der Waals surface area contributed by atoms with Gasteiger partial charge in [-0.3, -0.25) is 4.79 Å². The molecule has 0 heterocycles. The number of hydrogen-bond acceptors (Lipinski definition) is 2. The molecule has 0 atom stereocenters. The summed E-state index contributed by atoms with van der Waals surface area (Å²) >= 11 is 0. The van der Waals surface area contributed by atoms with Gasteiger partial charge in [-0.25, -0.2) is 4.39 Å². The Balaban J connectivity index is 2.75. The van der Waals surface area contributed by atoms with Crippen LogP contribution in [0.4, 0.5) is 4.39 Å². The van der Waals surface area contributed by atoms with E-state index >= 15 is 0 Å². The molecule has 0 saturated heterocycles. The number of benzene rings is 1. The Hall–Kier alpha value is -1.38. The highest BCUT2D eigenvalue weighted by Crippen LogP contribution is 2.16. The van der Waals surface area contributed by atoms with Gasteiger partial charge in [-0.2, -0.15) is 0 Å². The van der Waals surface area contributed by atoms with Gasteiger partial charge in [0.25, 0.3) is 0 Å². The number of ether oxygens (including phenoxy) is 1. The lowest BCUT2D eigenvalue weighted by molar-refractivity contribution is -0.118. The average Bonchev–Trinajstić information content (AvgIpc) is 2.09. The van der Waals surface area contributed by atoms with Crippen LogP contribution in [0.25, 0.3) is 0 Å². The van der Waals surface area contributed by atoms with Crippen molar-refractivity contribution >= 4 is 6.29 Å². The minimum atomic E-state index is -0.863. The minimum Gasteiger partial charge on any atom is -0.480 e. The molecule has 0 unspecified atom stereocenters. The van der Waals surface area contributed by atoms with E-state index in [2.05, 4.69) is 0 Å². The molecule has 70 valence electrons. The predicted octanol–water partition coefficient (Wildman–Crippen LogP) is 2.18. The zero-order valence-electron chi connectivity index (χ0n) is 7.58. The molecule has 0 spiro atoms. The van der Waals surface area contributed by atoms with Crippen molar-refractivity contribution < 1.29 is 13.9 Å². The molecule has 1 aromatic rings. The Labute approximate surface area is 76.3 Å². The predicted molar refractivity (Wildman–Crippen MR) is 47.2 cm³/mol. The van der Waals surface area contributed by atoms with Crippen LogP contribution >= 0.6 is 0 Å². The molecule has 0 bridgehead atoms. The first-order valence-corrected chi connectivity index (χ1v) is 3.94. The SMILES string of the molecule is CC(C)(C=O)Oc1ccc(F)cc1. The molecule has 0 saturated carbocycles. The van der Waals surface area contributed by atoms with Crippen molar-refractivity contribution in [2.75, 3.05) is 0 Å². The molecule has 1 rings (SSSR count). The summed E-state index contributed by atoms with van der Waals surface area (Å²) in [5, 5.41) is 0. The third kappa shape index (κ3) is 2.86. The fourth-order valence-corrected chi connectivity index (χ4v) is 0.830. The Morgan fingerprint density at radius 3 is 2.31 bits per heavy atom. The van der Waals surface area contributed by atoms with Crippen LogP contribution in [0.15, 0.2) is 24.3 Å². The van der Waals surface area contributed by atoms with Crippen LogP contribution < -0.4 is 4.74 Å². The van der Waals surface area contributed by atoms with E-state index in [0.29, 0.717) is 12.0 Å². The van der Waals surface area contributed by atoms with Gasteiger partial charge in [-0.05, 0) is 38.1 Å². The third-order valence-electron chi connectivity index (χ3n) is 1.48. The lowest BCUT2D eigenvalue weighted by Gasteiger charge is -2.19. The molecule has 0 aromatic heterocycles. The minimum absolute atomic E-state index is 0.323. The Morgan fingerprint density at radius 2 is 1.85 bits per heavy atom. The molecule has 0 amide bonds. The fraction of sp³-hybridized carbons (Fsp3) is 0.300. The quantitative estimate of drug-likeness (QED) is 0.670. The Bertz CT molecular complexity index is 290. The second kappa shape index (κ2) is 3.56. The maximum Gasteiger partial charge on any atom is 0.162 e. The van der Waals surface area contributed by atoms with Crippen LogP contribution in [0.1, 0.15) is 13.8 Å². The second-order valence-corrected chi connectivity index (χ2v) is 3.28. The zero-order chi connectivity index (χ0) is 9.90. The van der Waals surface area contributed by atoms with E-state index in [1.807, 2.05) is 0 Å². The molecule has 0 aliphatic heterocycles. The van der Waals surface area contributed by atoms with Crippen molar-refractivity contribution in [1.82, 2.24) is 0 Å². The normalized spacial score (nSPS) is 11.0. The van der Waals surface area contributed by atoms with Gasteiger partial charge in [-0.15, -0.1) is 0 Å². The van der Waals surface area contributed by atoms with E-state index in [1.165, 1.54) is 24.3 Å². The first-order chi connectivity index (χ1) is 6.03. The van der Waals surface area contributed by atoms with E-state index in [-0.39, 0.29) is 5.82 Å². The number of hydrogen-bond donors (Lipinski definition) is 0. The molecule has 0 fully saturated rings. The van der Waals surface area contributed by atoms with E-state index in [4.69, 9.17) is 4.74 Å². The fourth-order valence-electron chi connectivity index (χ4n) is 0.830. The van der Waals surface area contributed by atoms with Gasteiger partial charge in [0.2, 0.25) is 0 Å². The molecule has 1 aromatic carbocycles. The molecule has 2 nitrogen and oxygen atoms in total. The first-order valence-electron chi connectivity index (χ1n) is 3.94. The summed E-state index contributed by atoms with van der Waals surface area (Å²) in [6, 6.07) is 5.55. The van der Waals surface area contributed by atoms with Gasteiger partial charge in [0.15, 0.2) is 11.9 Å². The summed E-state index contributed by atoms with van der Waals surface area (Å²) in [5.74, 6) is 0.162. The smallest absolute Gasteiger partial charge is 0.162 e. The lowest BCUT2D eigenvalue weighted by atomic mass is 10.2. The van der Waals surface area contributed by atoms with Gasteiger partial charge in [0, 0.05) is 0 Å². The summed E-state index contributed by atoms with van der Waals surface area (Å²) in [7, 11) is 0. The van der Waals surface area contributed by atoms with Gasteiger partial charge in [-0.1, -0.05) is 0 Å². The van der Waals surface area contributed by atoms with Crippen LogP contribution in [-0.2, 0) is 4.79 Å². The molecule has 0 N–H and O–H groups in total. The van der Waals surface area contributed by atoms with Crippen LogP contribution in [0.3, 0.4) is 0 Å². The van der Waals surface area contributed by atoms with Crippen molar-refractivity contribution in [2.24, 2.45) is 0 Å². The number of rotatable bonds is 3. The molecule has 0 aliphatic carbocycles. The monoisotopic (exact) mass is 182 g/mol. The Kier molecular flexibility index (Phi) is 2.66. The number of carbonyl (C=O) groups is 1. The molecule has 3 heteroatoms. The molecule has 0 aliphatic rings. The van der Waals surface area contributed by atoms with Crippen molar-refractivity contribution in [3.05, 3.63) is 30.1 Å². The highest BCUT2D eigenvalue weighted by atomic mass is 19.1. The van der Waals surface area contributed by atoms with Crippen molar-refractivity contribution in [1.29, 1.82) is 0 Å². The number of halogens is 1. The maximum absolute atomic E-state index is 12.5. The molecular formula is C10H11FO2. The number of carbonyl (C=O) groups excluding carboxylic acids is 1.